The highest BCUT2D eigenvalue weighted by molar-refractivity contribution is 5.79. The fourth-order valence-corrected chi connectivity index (χ4v) is 4.86. The van der Waals surface area contributed by atoms with Crippen molar-refractivity contribution in [3.05, 3.63) is 35.4 Å². The van der Waals surface area contributed by atoms with Crippen molar-refractivity contribution in [3.8, 4) is 0 Å². The second kappa shape index (κ2) is 12.4. The summed E-state index contributed by atoms with van der Waals surface area (Å²) in [5.41, 5.74) is 2.96. The van der Waals surface area contributed by atoms with Crippen LogP contribution in [-0.2, 0) is 22.6 Å². The number of benzene rings is 1. The van der Waals surface area contributed by atoms with E-state index >= 15 is 0 Å². The predicted octanol–water partition coefficient (Wildman–Crippen LogP) is 3.56. The smallest absolute Gasteiger partial charge is 0.191 e. The number of hydrogen-bond donors (Lipinski definition) is 2. The largest absolute Gasteiger partial charge is 0.385 e. The van der Waals surface area contributed by atoms with Gasteiger partial charge in [0.15, 0.2) is 5.96 Å². The second-order valence-corrected chi connectivity index (χ2v) is 9.24. The molecule has 1 aliphatic carbocycles. The van der Waals surface area contributed by atoms with Crippen LogP contribution in [-0.4, -0.2) is 63.5 Å². The van der Waals surface area contributed by atoms with Crippen molar-refractivity contribution in [1.82, 2.24) is 15.5 Å². The second-order valence-electron chi connectivity index (χ2n) is 9.24. The van der Waals surface area contributed by atoms with Gasteiger partial charge in [-0.15, -0.1) is 0 Å². The SMILES string of the molecule is CCNC(=NCc1cccc(CN2CCOC(C)C2)c1)NCC1(CCOC)CCCC1. The number of rotatable bonds is 10. The minimum absolute atomic E-state index is 0.322. The molecule has 1 unspecified atom stereocenters. The van der Waals surface area contributed by atoms with Crippen LogP contribution in [0.25, 0.3) is 0 Å². The van der Waals surface area contributed by atoms with Gasteiger partial charge in [-0.3, -0.25) is 4.90 Å². The van der Waals surface area contributed by atoms with Crippen LogP contribution in [0.5, 0.6) is 0 Å². The van der Waals surface area contributed by atoms with E-state index < -0.39 is 0 Å². The van der Waals surface area contributed by atoms with Gasteiger partial charge >= 0.3 is 0 Å². The van der Waals surface area contributed by atoms with Gasteiger partial charge in [0.05, 0.1) is 19.3 Å². The zero-order chi connectivity index (χ0) is 21.9. The molecule has 0 aromatic heterocycles. The molecule has 6 nitrogen and oxygen atoms in total. The highest BCUT2D eigenvalue weighted by Gasteiger charge is 2.33. The number of guanidine groups is 1. The van der Waals surface area contributed by atoms with Crippen molar-refractivity contribution in [1.29, 1.82) is 0 Å². The number of ether oxygens (including phenoxy) is 2. The van der Waals surface area contributed by atoms with E-state index in [2.05, 4.69) is 53.6 Å². The molecule has 1 aliphatic heterocycles. The summed E-state index contributed by atoms with van der Waals surface area (Å²) in [4.78, 5) is 7.36. The molecule has 2 fully saturated rings. The van der Waals surface area contributed by atoms with E-state index in [1.165, 1.54) is 36.8 Å². The summed E-state index contributed by atoms with van der Waals surface area (Å²) in [6.07, 6.45) is 6.66. The summed E-state index contributed by atoms with van der Waals surface area (Å²) in [6, 6.07) is 8.85. The molecule has 1 aromatic carbocycles. The van der Waals surface area contributed by atoms with Gasteiger partial charge in [0.25, 0.3) is 0 Å². The van der Waals surface area contributed by atoms with Crippen LogP contribution in [0.2, 0.25) is 0 Å². The molecule has 1 heterocycles. The van der Waals surface area contributed by atoms with Crippen LogP contribution in [0.15, 0.2) is 29.3 Å². The Labute approximate surface area is 188 Å². The fraction of sp³-hybridized carbons (Fsp3) is 0.720. The van der Waals surface area contributed by atoms with Gasteiger partial charge in [0, 0.05) is 46.4 Å². The van der Waals surface area contributed by atoms with Crippen LogP contribution >= 0.6 is 0 Å². The van der Waals surface area contributed by atoms with Crippen molar-refractivity contribution >= 4 is 5.96 Å². The van der Waals surface area contributed by atoms with E-state index in [1.54, 1.807) is 7.11 Å². The van der Waals surface area contributed by atoms with Crippen molar-refractivity contribution < 1.29 is 9.47 Å². The number of methoxy groups -OCH3 is 1. The minimum Gasteiger partial charge on any atom is -0.385 e. The predicted molar refractivity (Wildman–Crippen MR) is 127 cm³/mol. The van der Waals surface area contributed by atoms with Gasteiger partial charge in [-0.05, 0) is 49.7 Å². The molecular weight excluding hydrogens is 388 g/mol. The Hall–Kier alpha value is -1.63. The average Bonchev–Trinajstić information content (AvgIpc) is 3.24. The quantitative estimate of drug-likeness (QED) is 0.439. The van der Waals surface area contributed by atoms with E-state index in [9.17, 15) is 0 Å². The number of nitrogens with zero attached hydrogens (tertiary/aromatic N) is 2. The number of morpholine rings is 1. The molecule has 2 aliphatic rings. The van der Waals surface area contributed by atoms with E-state index in [0.717, 1.165) is 58.3 Å². The first-order valence-electron chi connectivity index (χ1n) is 12.1. The topological polar surface area (TPSA) is 58.1 Å². The zero-order valence-electron chi connectivity index (χ0n) is 19.8. The molecule has 3 rings (SSSR count). The van der Waals surface area contributed by atoms with Crippen LogP contribution in [0.3, 0.4) is 0 Å². The van der Waals surface area contributed by atoms with Gasteiger partial charge in [0.1, 0.15) is 0 Å². The Bertz CT molecular complexity index is 688. The lowest BCUT2D eigenvalue weighted by molar-refractivity contribution is -0.0212. The maximum atomic E-state index is 5.67. The molecular formula is C25H42N4O2. The highest BCUT2D eigenvalue weighted by atomic mass is 16.5. The molecule has 1 aromatic rings. The molecule has 6 heteroatoms. The normalized spacial score (nSPS) is 21.9. The summed E-state index contributed by atoms with van der Waals surface area (Å²) in [7, 11) is 1.80. The number of hydrogen-bond acceptors (Lipinski definition) is 4. The summed E-state index contributed by atoms with van der Waals surface area (Å²) in [5, 5.41) is 7.05. The Morgan fingerprint density at radius 3 is 2.81 bits per heavy atom. The van der Waals surface area contributed by atoms with Crippen molar-refractivity contribution in [2.45, 2.75) is 65.1 Å². The van der Waals surface area contributed by atoms with Crippen molar-refractivity contribution in [2.75, 3.05) is 46.5 Å². The zero-order valence-corrected chi connectivity index (χ0v) is 19.8. The molecule has 2 N–H and O–H groups in total. The maximum absolute atomic E-state index is 5.67. The Balaban J connectivity index is 1.57. The Kier molecular flexibility index (Phi) is 9.62. The Morgan fingerprint density at radius 1 is 1.26 bits per heavy atom. The standard InChI is InChI=1S/C25H42N4O2/c1-4-26-24(28-20-25(12-14-30-3)10-5-6-11-25)27-17-22-8-7-9-23(16-22)19-29-13-15-31-21(2)18-29/h7-9,16,21H,4-6,10-15,17-20H2,1-3H3,(H2,26,27,28). The number of nitrogens with one attached hydrogen (secondary N) is 2. The van der Waals surface area contributed by atoms with Crippen LogP contribution in [0.4, 0.5) is 0 Å². The molecule has 1 atom stereocenters. The van der Waals surface area contributed by atoms with Crippen LogP contribution in [0.1, 0.15) is 57.1 Å². The number of aliphatic imine (C=N–C) groups is 1. The van der Waals surface area contributed by atoms with E-state index in [4.69, 9.17) is 14.5 Å². The third-order valence-electron chi connectivity index (χ3n) is 6.62. The van der Waals surface area contributed by atoms with Crippen LogP contribution < -0.4 is 10.6 Å². The lowest BCUT2D eigenvalue weighted by Gasteiger charge is -2.31. The van der Waals surface area contributed by atoms with Gasteiger partial charge in [-0.25, -0.2) is 4.99 Å². The van der Waals surface area contributed by atoms with Gasteiger partial charge in [-0.1, -0.05) is 37.1 Å². The van der Waals surface area contributed by atoms with Gasteiger partial charge in [0.2, 0.25) is 0 Å². The average molecular weight is 431 g/mol. The highest BCUT2D eigenvalue weighted by Crippen LogP contribution is 2.40. The molecule has 1 saturated carbocycles. The summed E-state index contributed by atoms with van der Waals surface area (Å²) in [5.74, 6) is 0.915. The molecule has 0 radical (unpaired) electrons. The van der Waals surface area contributed by atoms with Crippen molar-refractivity contribution in [3.63, 3.8) is 0 Å². The third kappa shape index (κ3) is 7.78. The van der Waals surface area contributed by atoms with E-state index in [0.29, 0.717) is 18.1 Å². The lowest BCUT2D eigenvalue weighted by Crippen LogP contribution is -2.43. The van der Waals surface area contributed by atoms with Gasteiger partial charge in [-0.2, -0.15) is 0 Å². The first-order valence-corrected chi connectivity index (χ1v) is 12.1. The first-order chi connectivity index (χ1) is 15.1. The van der Waals surface area contributed by atoms with E-state index in [-0.39, 0.29) is 0 Å². The summed E-state index contributed by atoms with van der Waals surface area (Å²) < 4.78 is 11.0. The molecule has 174 valence electrons. The maximum Gasteiger partial charge on any atom is 0.191 e. The fourth-order valence-electron chi connectivity index (χ4n) is 4.86. The van der Waals surface area contributed by atoms with Crippen molar-refractivity contribution in [2.24, 2.45) is 10.4 Å². The molecule has 1 saturated heterocycles. The summed E-state index contributed by atoms with van der Waals surface area (Å²) >= 11 is 0. The third-order valence-corrected chi connectivity index (χ3v) is 6.62. The minimum atomic E-state index is 0.322. The first kappa shape index (κ1) is 24.0. The van der Waals surface area contributed by atoms with E-state index in [1.807, 2.05) is 0 Å². The molecule has 0 bridgehead atoms. The Morgan fingerprint density at radius 2 is 2.06 bits per heavy atom. The monoisotopic (exact) mass is 430 g/mol. The lowest BCUT2D eigenvalue weighted by atomic mass is 9.83. The molecule has 0 spiro atoms. The molecule has 31 heavy (non-hydrogen) atoms. The van der Waals surface area contributed by atoms with Crippen LogP contribution in [0, 0.1) is 5.41 Å². The van der Waals surface area contributed by atoms with Gasteiger partial charge < -0.3 is 20.1 Å². The summed E-state index contributed by atoms with van der Waals surface area (Å²) in [6.45, 7) is 11.4. The molecule has 0 amide bonds.